The molecule has 0 unspecified atom stereocenters. The first-order valence-electron chi connectivity index (χ1n) is 11.5. The van der Waals surface area contributed by atoms with E-state index >= 15 is 0 Å². The molecule has 3 aromatic carbocycles. The topological polar surface area (TPSA) is 6.48 Å². The molecule has 4 heteroatoms. The van der Waals surface area contributed by atoms with E-state index in [1.165, 1.54) is 55.6 Å². The lowest BCUT2D eigenvalue weighted by molar-refractivity contribution is 0.0943. The maximum Gasteiger partial charge on any atom is 0.0389 e. The van der Waals surface area contributed by atoms with Crippen LogP contribution >= 0.6 is 24.8 Å². The smallest absolute Gasteiger partial charge is 0.0389 e. The van der Waals surface area contributed by atoms with E-state index in [0.29, 0.717) is 6.04 Å². The van der Waals surface area contributed by atoms with Crippen LogP contribution in [0.5, 0.6) is 0 Å². The highest BCUT2D eigenvalue weighted by Gasteiger charge is 2.25. The number of benzene rings is 3. The predicted octanol–water partition coefficient (Wildman–Crippen LogP) is 6.45. The monoisotopic (exact) mass is 470 g/mol. The van der Waals surface area contributed by atoms with E-state index in [1.54, 1.807) is 0 Å². The second-order valence-corrected chi connectivity index (χ2v) is 8.44. The molecule has 4 rings (SSSR count). The second kappa shape index (κ2) is 14.3. The van der Waals surface area contributed by atoms with Crippen LogP contribution in [-0.4, -0.2) is 42.5 Å². The van der Waals surface area contributed by atoms with E-state index in [9.17, 15) is 0 Å². The number of piperazine rings is 1. The number of hydrogen-bond donors (Lipinski definition) is 0. The Labute approximate surface area is 206 Å². The van der Waals surface area contributed by atoms with Crippen LogP contribution in [0.25, 0.3) is 0 Å². The van der Waals surface area contributed by atoms with Crippen molar-refractivity contribution < 1.29 is 0 Å². The Kier molecular flexibility index (Phi) is 11.8. The van der Waals surface area contributed by atoms with Gasteiger partial charge in [0.2, 0.25) is 0 Å². The largest absolute Gasteiger partial charge is 0.301 e. The molecule has 172 valence electrons. The third-order valence-electron chi connectivity index (χ3n) is 6.34. The molecule has 3 aromatic rings. The standard InChI is InChI=1S/C28H34N2.2ClH/c1-4-12-25(13-5-1)14-10-11-19-29-20-22-30(23-21-29)28(27-17-8-3-9-18-27)24-26-15-6-2-7-16-26;;/h1-9,12-13,15-18,28H,10-11,14,19-24H2;2*1H/t28-;;/m1../s1. The number of nitrogens with zero attached hydrogens (tertiary/aromatic N) is 2. The van der Waals surface area contributed by atoms with Crippen LogP contribution in [-0.2, 0) is 12.8 Å². The van der Waals surface area contributed by atoms with Crippen LogP contribution in [0.2, 0.25) is 0 Å². The van der Waals surface area contributed by atoms with E-state index in [1.807, 2.05) is 0 Å². The fraction of sp³-hybridized carbons (Fsp3) is 0.357. The first-order chi connectivity index (χ1) is 14.9. The van der Waals surface area contributed by atoms with Crippen molar-refractivity contribution >= 4 is 24.8 Å². The molecule has 0 spiro atoms. The van der Waals surface area contributed by atoms with Crippen molar-refractivity contribution in [2.24, 2.45) is 0 Å². The molecule has 32 heavy (non-hydrogen) atoms. The van der Waals surface area contributed by atoms with Gasteiger partial charge in [-0.1, -0.05) is 91.0 Å². The average molecular weight is 472 g/mol. The first kappa shape index (κ1) is 26.4. The van der Waals surface area contributed by atoms with Gasteiger partial charge in [0, 0.05) is 32.2 Å². The Balaban J connectivity index is 0.00000181. The van der Waals surface area contributed by atoms with E-state index in [2.05, 4.69) is 101 Å². The molecule has 0 bridgehead atoms. The zero-order chi connectivity index (χ0) is 20.4. The normalized spacial score (nSPS) is 15.4. The van der Waals surface area contributed by atoms with Crippen molar-refractivity contribution in [2.75, 3.05) is 32.7 Å². The van der Waals surface area contributed by atoms with E-state index < -0.39 is 0 Å². The van der Waals surface area contributed by atoms with Crippen molar-refractivity contribution in [3.05, 3.63) is 108 Å². The molecule has 1 fully saturated rings. The summed E-state index contributed by atoms with van der Waals surface area (Å²) in [5.74, 6) is 0. The maximum absolute atomic E-state index is 2.70. The van der Waals surface area contributed by atoms with Crippen molar-refractivity contribution in [1.29, 1.82) is 0 Å². The highest BCUT2D eigenvalue weighted by atomic mass is 35.5. The summed E-state index contributed by atoms with van der Waals surface area (Å²) < 4.78 is 0. The molecule has 0 aromatic heterocycles. The van der Waals surface area contributed by atoms with Crippen LogP contribution in [0, 0.1) is 0 Å². The minimum atomic E-state index is 0. The lowest BCUT2D eigenvalue weighted by atomic mass is 9.96. The van der Waals surface area contributed by atoms with Crippen LogP contribution in [0.1, 0.15) is 35.6 Å². The van der Waals surface area contributed by atoms with Gasteiger partial charge in [-0.3, -0.25) is 4.90 Å². The summed E-state index contributed by atoms with van der Waals surface area (Å²) in [4.78, 5) is 5.36. The van der Waals surface area contributed by atoms with Gasteiger partial charge in [0.1, 0.15) is 0 Å². The summed E-state index contributed by atoms with van der Waals surface area (Å²) >= 11 is 0. The Morgan fingerprint density at radius 3 is 1.72 bits per heavy atom. The fourth-order valence-electron chi connectivity index (χ4n) is 4.58. The third kappa shape index (κ3) is 7.94. The Morgan fingerprint density at radius 2 is 1.12 bits per heavy atom. The molecule has 0 saturated carbocycles. The number of unbranched alkanes of at least 4 members (excludes halogenated alkanes) is 1. The number of aryl methyl sites for hydroxylation is 1. The van der Waals surface area contributed by atoms with Crippen molar-refractivity contribution in [3.8, 4) is 0 Å². The van der Waals surface area contributed by atoms with E-state index in [4.69, 9.17) is 0 Å². The minimum absolute atomic E-state index is 0. The third-order valence-corrected chi connectivity index (χ3v) is 6.34. The van der Waals surface area contributed by atoms with Crippen molar-refractivity contribution in [2.45, 2.75) is 31.7 Å². The molecular formula is C28H36Cl2N2. The molecule has 0 radical (unpaired) electrons. The van der Waals surface area contributed by atoms with Gasteiger partial charge in [-0.15, -0.1) is 24.8 Å². The zero-order valence-electron chi connectivity index (χ0n) is 18.8. The molecule has 0 N–H and O–H groups in total. The van der Waals surface area contributed by atoms with Crippen LogP contribution in [0.4, 0.5) is 0 Å². The number of hydrogen-bond acceptors (Lipinski definition) is 2. The number of halogens is 2. The van der Waals surface area contributed by atoms with Crippen LogP contribution in [0.15, 0.2) is 91.0 Å². The predicted molar refractivity (Wildman–Crippen MR) is 141 cm³/mol. The van der Waals surface area contributed by atoms with Gasteiger partial charge in [0.15, 0.2) is 0 Å². The second-order valence-electron chi connectivity index (χ2n) is 8.44. The number of rotatable bonds is 9. The minimum Gasteiger partial charge on any atom is -0.301 e. The van der Waals surface area contributed by atoms with Gasteiger partial charge in [-0.2, -0.15) is 0 Å². The van der Waals surface area contributed by atoms with Gasteiger partial charge < -0.3 is 4.90 Å². The highest BCUT2D eigenvalue weighted by molar-refractivity contribution is 5.85. The van der Waals surface area contributed by atoms with Gasteiger partial charge in [-0.25, -0.2) is 0 Å². The summed E-state index contributed by atoms with van der Waals surface area (Å²) in [7, 11) is 0. The van der Waals surface area contributed by atoms with E-state index in [0.717, 1.165) is 19.5 Å². The summed E-state index contributed by atoms with van der Waals surface area (Å²) in [6.45, 7) is 5.92. The van der Waals surface area contributed by atoms with Gasteiger partial charge in [0.05, 0.1) is 0 Å². The molecule has 1 aliphatic heterocycles. The van der Waals surface area contributed by atoms with Crippen molar-refractivity contribution in [1.82, 2.24) is 9.80 Å². The van der Waals surface area contributed by atoms with Crippen LogP contribution in [0.3, 0.4) is 0 Å². The summed E-state index contributed by atoms with van der Waals surface area (Å²) in [5, 5.41) is 0. The lowest BCUT2D eigenvalue weighted by Gasteiger charge is -2.39. The fourth-order valence-corrected chi connectivity index (χ4v) is 4.58. The molecule has 1 atom stereocenters. The average Bonchev–Trinajstić information content (AvgIpc) is 2.83. The molecule has 1 aliphatic rings. The summed E-state index contributed by atoms with van der Waals surface area (Å²) in [5.41, 5.74) is 4.33. The van der Waals surface area contributed by atoms with Crippen molar-refractivity contribution in [3.63, 3.8) is 0 Å². The summed E-state index contributed by atoms with van der Waals surface area (Å²) in [6, 6.07) is 33.4. The molecule has 1 heterocycles. The SMILES string of the molecule is Cl.Cl.c1ccc(CCCCN2CCN([C@H](Cc3ccccc3)c3ccccc3)CC2)cc1. The quantitative estimate of drug-likeness (QED) is 0.331. The molecule has 1 saturated heterocycles. The molecule has 0 amide bonds. The Morgan fingerprint density at radius 1 is 0.594 bits per heavy atom. The zero-order valence-corrected chi connectivity index (χ0v) is 20.4. The molecule has 0 aliphatic carbocycles. The van der Waals surface area contributed by atoms with Gasteiger partial charge >= 0.3 is 0 Å². The van der Waals surface area contributed by atoms with E-state index in [-0.39, 0.29) is 24.8 Å². The molecule has 2 nitrogen and oxygen atoms in total. The van der Waals surface area contributed by atoms with Gasteiger partial charge in [-0.05, 0) is 48.9 Å². The van der Waals surface area contributed by atoms with Crippen LogP contribution < -0.4 is 0 Å². The Bertz CT molecular complexity index is 850. The van der Waals surface area contributed by atoms with Gasteiger partial charge in [0.25, 0.3) is 0 Å². The highest BCUT2D eigenvalue weighted by Crippen LogP contribution is 2.26. The maximum atomic E-state index is 2.70. The lowest BCUT2D eigenvalue weighted by Crippen LogP contribution is -2.48. The first-order valence-corrected chi connectivity index (χ1v) is 11.5. The summed E-state index contributed by atoms with van der Waals surface area (Å²) in [6.07, 6.45) is 4.86. The molecular weight excluding hydrogens is 435 g/mol. The Hall–Kier alpha value is -1.84.